The van der Waals surface area contributed by atoms with Crippen LogP contribution in [0.5, 0.6) is 5.75 Å². The van der Waals surface area contributed by atoms with Crippen molar-refractivity contribution < 1.29 is 9.53 Å². The zero-order valence-electron chi connectivity index (χ0n) is 9.53. The van der Waals surface area contributed by atoms with Gasteiger partial charge in [0, 0.05) is 31.0 Å². The number of piperidine rings is 1. The van der Waals surface area contributed by atoms with E-state index in [0.29, 0.717) is 25.2 Å². The summed E-state index contributed by atoms with van der Waals surface area (Å²) in [4.78, 5) is 11.4. The monoisotopic (exact) mass is 219 g/mol. The average Bonchev–Trinajstić information content (AvgIpc) is 2.30. The molecule has 1 heterocycles. The standard InChI is InChI=1S/C13H17NO2/c1-2-16-13-6-4-3-5-11(13)12-9-10(15)7-8-14-12/h3-6,12,14H,2,7-9H2,1H3. The lowest BCUT2D eigenvalue weighted by Crippen LogP contribution is -2.32. The molecular formula is C13H17NO2. The Bertz CT molecular complexity index is 376. The van der Waals surface area contributed by atoms with Crippen molar-refractivity contribution in [1.82, 2.24) is 5.32 Å². The molecule has 1 fully saturated rings. The number of carbonyl (C=O) groups is 1. The second-order valence-electron chi connectivity index (χ2n) is 3.97. The molecule has 0 aromatic heterocycles. The maximum Gasteiger partial charge on any atom is 0.136 e. The molecule has 0 radical (unpaired) electrons. The van der Waals surface area contributed by atoms with Crippen molar-refractivity contribution in [2.24, 2.45) is 0 Å². The average molecular weight is 219 g/mol. The van der Waals surface area contributed by atoms with Gasteiger partial charge in [-0.1, -0.05) is 18.2 Å². The van der Waals surface area contributed by atoms with Gasteiger partial charge in [0.25, 0.3) is 0 Å². The van der Waals surface area contributed by atoms with E-state index >= 15 is 0 Å². The highest BCUT2D eigenvalue weighted by molar-refractivity contribution is 5.80. The molecule has 2 rings (SSSR count). The Morgan fingerprint density at radius 2 is 2.25 bits per heavy atom. The first-order valence-electron chi connectivity index (χ1n) is 5.78. The molecule has 1 aliphatic heterocycles. The van der Waals surface area contributed by atoms with Crippen molar-refractivity contribution in [3.8, 4) is 5.75 Å². The fourth-order valence-electron chi connectivity index (χ4n) is 2.06. The minimum Gasteiger partial charge on any atom is -0.494 e. The molecule has 1 aromatic carbocycles. The summed E-state index contributed by atoms with van der Waals surface area (Å²) in [5, 5.41) is 3.36. The Morgan fingerprint density at radius 3 is 3.00 bits per heavy atom. The van der Waals surface area contributed by atoms with Gasteiger partial charge in [0.2, 0.25) is 0 Å². The van der Waals surface area contributed by atoms with Gasteiger partial charge >= 0.3 is 0 Å². The van der Waals surface area contributed by atoms with E-state index < -0.39 is 0 Å². The lowest BCUT2D eigenvalue weighted by atomic mass is 9.96. The van der Waals surface area contributed by atoms with Crippen molar-refractivity contribution >= 4 is 5.78 Å². The number of hydrogen-bond donors (Lipinski definition) is 1. The summed E-state index contributed by atoms with van der Waals surface area (Å²) in [7, 11) is 0. The van der Waals surface area contributed by atoms with Gasteiger partial charge in [-0.05, 0) is 13.0 Å². The highest BCUT2D eigenvalue weighted by Gasteiger charge is 2.22. The third kappa shape index (κ3) is 2.42. The fourth-order valence-corrected chi connectivity index (χ4v) is 2.06. The van der Waals surface area contributed by atoms with Crippen LogP contribution in [0.25, 0.3) is 0 Å². The first-order valence-corrected chi connectivity index (χ1v) is 5.78. The topological polar surface area (TPSA) is 38.3 Å². The smallest absolute Gasteiger partial charge is 0.136 e. The second kappa shape index (κ2) is 5.12. The maximum absolute atomic E-state index is 11.4. The number of benzene rings is 1. The first-order chi connectivity index (χ1) is 7.81. The molecule has 3 heteroatoms. The zero-order chi connectivity index (χ0) is 11.4. The highest BCUT2D eigenvalue weighted by Crippen LogP contribution is 2.29. The summed E-state index contributed by atoms with van der Waals surface area (Å²) < 4.78 is 5.57. The summed E-state index contributed by atoms with van der Waals surface area (Å²) >= 11 is 0. The molecular weight excluding hydrogens is 202 g/mol. The van der Waals surface area contributed by atoms with Crippen LogP contribution in [0.1, 0.15) is 31.4 Å². The molecule has 1 aliphatic rings. The second-order valence-corrected chi connectivity index (χ2v) is 3.97. The van der Waals surface area contributed by atoms with Crippen molar-refractivity contribution in [1.29, 1.82) is 0 Å². The molecule has 3 nitrogen and oxygen atoms in total. The van der Waals surface area contributed by atoms with Crippen molar-refractivity contribution in [3.63, 3.8) is 0 Å². The van der Waals surface area contributed by atoms with Crippen LogP contribution in [0.4, 0.5) is 0 Å². The van der Waals surface area contributed by atoms with Crippen molar-refractivity contribution in [2.45, 2.75) is 25.8 Å². The predicted octanol–water partition coefficient (Wildman–Crippen LogP) is 2.08. The molecule has 1 aromatic rings. The summed E-state index contributed by atoms with van der Waals surface area (Å²) in [6, 6.07) is 8.04. The van der Waals surface area contributed by atoms with Crippen LogP contribution in [-0.2, 0) is 4.79 Å². The highest BCUT2D eigenvalue weighted by atomic mass is 16.5. The van der Waals surface area contributed by atoms with Gasteiger partial charge in [-0.25, -0.2) is 0 Å². The van der Waals surface area contributed by atoms with E-state index in [0.717, 1.165) is 17.9 Å². The van der Waals surface area contributed by atoms with Gasteiger partial charge in [-0.15, -0.1) is 0 Å². The summed E-state index contributed by atoms with van der Waals surface area (Å²) in [6.07, 6.45) is 1.22. The molecule has 16 heavy (non-hydrogen) atoms. The number of ketones is 1. The number of para-hydroxylation sites is 1. The summed E-state index contributed by atoms with van der Waals surface area (Å²) in [6.45, 7) is 3.39. The van der Waals surface area contributed by atoms with E-state index in [1.165, 1.54) is 0 Å². The largest absolute Gasteiger partial charge is 0.494 e. The lowest BCUT2D eigenvalue weighted by Gasteiger charge is -2.24. The number of hydrogen-bond acceptors (Lipinski definition) is 3. The SMILES string of the molecule is CCOc1ccccc1C1CC(=O)CCN1. The molecule has 0 bridgehead atoms. The van der Waals surface area contributed by atoms with Crippen LogP contribution < -0.4 is 10.1 Å². The lowest BCUT2D eigenvalue weighted by molar-refractivity contribution is -0.120. The van der Waals surface area contributed by atoms with Crippen LogP contribution in [0, 0.1) is 0 Å². The van der Waals surface area contributed by atoms with Crippen LogP contribution in [0.15, 0.2) is 24.3 Å². The van der Waals surface area contributed by atoms with Gasteiger partial charge in [0.1, 0.15) is 11.5 Å². The molecule has 0 amide bonds. The Morgan fingerprint density at radius 1 is 1.44 bits per heavy atom. The van der Waals surface area contributed by atoms with Gasteiger partial charge in [0.05, 0.1) is 6.61 Å². The van der Waals surface area contributed by atoms with E-state index in [1.54, 1.807) is 0 Å². The van der Waals surface area contributed by atoms with Crippen LogP contribution >= 0.6 is 0 Å². The van der Waals surface area contributed by atoms with Crippen molar-refractivity contribution in [3.05, 3.63) is 29.8 Å². The van der Waals surface area contributed by atoms with Crippen LogP contribution in [0.2, 0.25) is 0 Å². The third-order valence-electron chi connectivity index (χ3n) is 2.82. The quantitative estimate of drug-likeness (QED) is 0.845. The number of rotatable bonds is 3. The van der Waals surface area contributed by atoms with E-state index in [4.69, 9.17) is 4.74 Å². The normalized spacial score (nSPS) is 20.8. The molecule has 0 spiro atoms. The van der Waals surface area contributed by atoms with E-state index in [1.807, 2.05) is 31.2 Å². The Labute approximate surface area is 95.8 Å². The maximum atomic E-state index is 11.4. The van der Waals surface area contributed by atoms with Crippen molar-refractivity contribution in [2.75, 3.05) is 13.2 Å². The van der Waals surface area contributed by atoms with Gasteiger partial charge in [-0.2, -0.15) is 0 Å². The fraction of sp³-hybridized carbons (Fsp3) is 0.462. The zero-order valence-corrected chi connectivity index (χ0v) is 9.53. The molecule has 1 saturated heterocycles. The number of nitrogens with one attached hydrogen (secondary N) is 1. The molecule has 1 N–H and O–H groups in total. The molecule has 86 valence electrons. The summed E-state index contributed by atoms with van der Waals surface area (Å²) in [5.74, 6) is 1.22. The van der Waals surface area contributed by atoms with Gasteiger partial charge < -0.3 is 10.1 Å². The third-order valence-corrected chi connectivity index (χ3v) is 2.82. The molecule has 1 atom stereocenters. The van der Waals surface area contributed by atoms with E-state index in [9.17, 15) is 4.79 Å². The van der Waals surface area contributed by atoms with Crippen LogP contribution in [0.3, 0.4) is 0 Å². The minimum absolute atomic E-state index is 0.115. The predicted molar refractivity (Wildman–Crippen MR) is 62.6 cm³/mol. The van der Waals surface area contributed by atoms with Gasteiger partial charge in [-0.3, -0.25) is 4.79 Å². The number of ether oxygens (including phenoxy) is 1. The minimum atomic E-state index is 0.115. The van der Waals surface area contributed by atoms with Crippen LogP contribution in [-0.4, -0.2) is 18.9 Å². The summed E-state index contributed by atoms with van der Waals surface area (Å²) in [5.41, 5.74) is 1.09. The number of carbonyl (C=O) groups excluding carboxylic acids is 1. The Hall–Kier alpha value is -1.35. The molecule has 0 aliphatic carbocycles. The molecule has 1 unspecified atom stereocenters. The van der Waals surface area contributed by atoms with E-state index in [-0.39, 0.29) is 6.04 Å². The Kier molecular flexibility index (Phi) is 3.57. The first kappa shape index (κ1) is 11.1. The van der Waals surface area contributed by atoms with Gasteiger partial charge in [0.15, 0.2) is 0 Å². The number of Topliss-reactive ketones (excluding diaryl/α,β-unsaturated/α-hetero) is 1. The molecule has 0 saturated carbocycles. The van der Waals surface area contributed by atoms with E-state index in [2.05, 4.69) is 5.32 Å². The Balaban J connectivity index is 2.21.